The normalized spacial score (nSPS) is 24.6. The first-order valence-electron chi connectivity index (χ1n) is 5.78. The monoisotopic (exact) mass is 256 g/mol. The molecule has 1 unspecified atom stereocenters. The number of anilines is 1. The number of hydrogen-bond acceptors (Lipinski definition) is 4. The van der Waals surface area contributed by atoms with E-state index in [0.717, 1.165) is 26.1 Å². The zero-order valence-corrected chi connectivity index (χ0v) is 10.6. The number of piperidine rings is 1. The Labute approximate surface area is 105 Å². The fraction of sp³-hybridized carbons (Fsp3) is 0.636. The molecule has 0 aliphatic carbocycles. The quantitative estimate of drug-likeness (QED) is 0.761. The topological polar surface area (TPSA) is 69.8 Å². The van der Waals surface area contributed by atoms with E-state index < -0.39 is 0 Å². The summed E-state index contributed by atoms with van der Waals surface area (Å²) in [4.78, 5) is 17.8. The number of nitrogens with zero attached hydrogens (tertiary/aromatic N) is 1. The highest BCUT2D eigenvalue weighted by Crippen LogP contribution is 2.26. The van der Waals surface area contributed by atoms with Crippen molar-refractivity contribution in [2.45, 2.75) is 19.8 Å². The number of halogens is 1. The number of nitrogens with one attached hydrogen (secondary N) is 3. The molecule has 6 heteroatoms. The molecule has 17 heavy (non-hydrogen) atoms. The van der Waals surface area contributed by atoms with Crippen LogP contribution in [-0.4, -0.2) is 29.6 Å². The van der Waals surface area contributed by atoms with E-state index in [1.807, 2.05) is 0 Å². The second-order valence-electron chi connectivity index (χ2n) is 4.84. The largest absolute Gasteiger partial charge is 0.368 e. The molecule has 1 saturated heterocycles. The Morgan fingerprint density at radius 1 is 1.65 bits per heavy atom. The molecule has 2 rings (SSSR count). The molecule has 1 aromatic heterocycles. The molecule has 3 N–H and O–H groups in total. The molecule has 1 aliphatic heterocycles. The number of rotatable bonds is 3. The van der Waals surface area contributed by atoms with E-state index in [1.54, 1.807) is 0 Å². The molecule has 0 aromatic carbocycles. The minimum atomic E-state index is -0.309. The maximum absolute atomic E-state index is 11.3. The zero-order valence-electron chi connectivity index (χ0n) is 9.85. The Morgan fingerprint density at radius 3 is 3.18 bits per heavy atom. The fourth-order valence-electron chi connectivity index (χ4n) is 2.07. The molecule has 0 spiro atoms. The van der Waals surface area contributed by atoms with Crippen LogP contribution in [0.2, 0.25) is 5.02 Å². The summed E-state index contributed by atoms with van der Waals surface area (Å²) >= 11 is 5.87. The SMILES string of the molecule is CC1(CNc2nc[nH]c(=O)c2Cl)CCCNC1. The summed E-state index contributed by atoms with van der Waals surface area (Å²) in [7, 11) is 0. The van der Waals surface area contributed by atoms with Crippen LogP contribution in [0.4, 0.5) is 5.82 Å². The molecule has 5 nitrogen and oxygen atoms in total. The van der Waals surface area contributed by atoms with E-state index in [-0.39, 0.29) is 16.0 Å². The van der Waals surface area contributed by atoms with Crippen molar-refractivity contribution < 1.29 is 0 Å². The molecule has 0 amide bonds. The summed E-state index contributed by atoms with van der Waals surface area (Å²) in [6.07, 6.45) is 3.69. The summed E-state index contributed by atoms with van der Waals surface area (Å²) in [5.74, 6) is 0.460. The lowest BCUT2D eigenvalue weighted by Gasteiger charge is -2.34. The van der Waals surface area contributed by atoms with Gasteiger partial charge in [-0.1, -0.05) is 18.5 Å². The zero-order chi connectivity index (χ0) is 12.3. The van der Waals surface area contributed by atoms with Gasteiger partial charge in [-0.05, 0) is 24.8 Å². The lowest BCUT2D eigenvalue weighted by molar-refractivity contribution is 0.253. The fourth-order valence-corrected chi connectivity index (χ4v) is 2.24. The lowest BCUT2D eigenvalue weighted by Crippen LogP contribution is -2.42. The van der Waals surface area contributed by atoms with Gasteiger partial charge in [-0.25, -0.2) is 4.98 Å². The van der Waals surface area contributed by atoms with E-state index in [1.165, 1.54) is 12.7 Å². The Kier molecular flexibility index (Phi) is 3.69. The predicted octanol–water partition coefficient (Wildman–Crippen LogP) is 1.22. The van der Waals surface area contributed by atoms with Crippen LogP contribution in [0.15, 0.2) is 11.1 Å². The summed E-state index contributed by atoms with van der Waals surface area (Å²) in [5.41, 5.74) is -0.123. The highest BCUT2D eigenvalue weighted by Gasteiger charge is 2.26. The van der Waals surface area contributed by atoms with E-state index in [4.69, 9.17) is 11.6 Å². The Balaban J connectivity index is 2.02. The minimum Gasteiger partial charge on any atom is -0.368 e. The van der Waals surface area contributed by atoms with Crippen molar-refractivity contribution in [1.29, 1.82) is 0 Å². The highest BCUT2D eigenvalue weighted by atomic mass is 35.5. The third-order valence-corrected chi connectivity index (χ3v) is 3.52. The van der Waals surface area contributed by atoms with Crippen LogP contribution in [0, 0.1) is 5.41 Å². The van der Waals surface area contributed by atoms with Crippen molar-refractivity contribution in [2.24, 2.45) is 5.41 Å². The average molecular weight is 257 g/mol. The van der Waals surface area contributed by atoms with Crippen molar-refractivity contribution in [3.05, 3.63) is 21.7 Å². The minimum absolute atomic E-state index is 0.125. The predicted molar refractivity (Wildman–Crippen MR) is 68.6 cm³/mol. The van der Waals surface area contributed by atoms with Gasteiger partial charge in [0.25, 0.3) is 5.56 Å². The first-order valence-corrected chi connectivity index (χ1v) is 6.16. The van der Waals surface area contributed by atoms with Gasteiger partial charge in [-0.3, -0.25) is 4.79 Å². The van der Waals surface area contributed by atoms with Gasteiger partial charge in [0.2, 0.25) is 0 Å². The maximum Gasteiger partial charge on any atom is 0.271 e. The number of hydrogen-bond donors (Lipinski definition) is 3. The van der Waals surface area contributed by atoms with Crippen molar-refractivity contribution in [2.75, 3.05) is 25.0 Å². The molecule has 1 fully saturated rings. The molecular weight excluding hydrogens is 240 g/mol. The van der Waals surface area contributed by atoms with Crippen LogP contribution in [0.1, 0.15) is 19.8 Å². The van der Waals surface area contributed by atoms with Crippen molar-refractivity contribution >= 4 is 17.4 Å². The molecule has 1 aliphatic rings. The molecule has 94 valence electrons. The van der Waals surface area contributed by atoms with E-state index >= 15 is 0 Å². The maximum atomic E-state index is 11.3. The van der Waals surface area contributed by atoms with Gasteiger partial charge in [0.1, 0.15) is 5.02 Å². The molecule has 0 saturated carbocycles. The van der Waals surface area contributed by atoms with Gasteiger partial charge in [0.15, 0.2) is 5.82 Å². The standard InChI is InChI=1S/C11H17ClN4O/c1-11(3-2-4-13-5-11)6-14-9-8(12)10(17)16-7-15-9/h7,13H,2-6H2,1H3,(H2,14,15,16,17). The summed E-state index contributed by atoms with van der Waals surface area (Å²) in [6, 6.07) is 0. The molecule has 1 atom stereocenters. The van der Waals surface area contributed by atoms with E-state index in [2.05, 4.69) is 27.5 Å². The summed E-state index contributed by atoms with van der Waals surface area (Å²) < 4.78 is 0. The van der Waals surface area contributed by atoms with Gasteiger partial charge in [-0.2, -0.15) is 0 Å². The van der Waals surface area contributed by atoms with Crippen LogP contribution in [0.25, 0.3) is 0 Å². The first kappa shape index (κ1) is 12.4. The first-order chi connectivity index (χ1) is 8.11. The van der Waals surface area contributed by atoms with Gasteiger partial charge < -0.3 is 15.6 Å². The van der Waals surface area contributed by atoms with Gasteiger partial charge in [-0.15, -0.1) is 0 Å². The highest BCUT2D eigenvalue weighted by molar-refractivity contribution is 6.32. The van der Waals surface area contributed by atoms with E-state index in [0.29, 0.717) is 5.82 Å². The molecule has 2 heterocycles. The molecule has 1 aromatic rings. The molecular formula is C11H17ClN4O. The molecule has 0 bridgehead atoms. The number of H-pyrrole nitrogens is 1. The summed E-state index contributed by atoms with van der Waals surface area (Å²) in [6.45, 7) is 5.03. The Hall–Kier alpha value is -1.07. The van der Waals surface area contributed by atoms with Gasteiger partial charge in [0, 0.05) is 13.1 Å². The third kappa shape index (κ3) is 2.98. The van der Waals surface area contributed by atoms with Gasteiger partial charge >= 0.3 is 0 Å². The second-order valence-corrected chi connectivity index (χ2v) is 5.22. The summed E-state index contributed by atoms with van der Waals surface area (Å²) in [5, 5.41) is 6.66. The third-order valence-electron chi connectivity index (χ3n) is 3.16. The van der Waals surface area contributed by atoms with Crippen LogP contribution in [0.3, 0.4) is 0 Å². The second kappa shape index (κ2) is 5.06. The Bertz CT molecular complexity index is 439. The van der Waals surface area contributed by atoms with Crippen molar-refractivity contribution in [3.8, 4) is 0 Å². The number of aromatic nitrogens is 2. The van der Waals surface area contributed by atoms with Crippen LogP contribution in [-0.2, 0) is 0 Å². The van der Waals surface area contributed by atoms with Crippen molar-refractivity contribution in [3.63, 3.8) is 0 Å². The van der Waals surface area contributed by atoms with Crippen LogP contribution >= 0.6 is 11.6 Å². The Morgan fingerprint density at radius 2 is 2.47 bits per heavy atom. The smallest absolute Gasteiger partial charge is 0.271 e. The van der Waals surface area contributed by atoms with Gasteiger partial charge in [0.05, 0.1) is 6.33 Å². The van der Waals surface area contributed by atoms with E-state index in [9.17, 15) is 4.79 Å². The van der Waals surface area contributed by atoms with Crippen LogP contribution in [0.5, 0.6) is 0 Å². The van der Waals surface area contributed by atoms with Crippen molar-refractivity contribution in [1.82, 2.24) is 15.3 Å². The molecule has 0 radical (unpaired) electrons. The van der Waals surface area contributed by atoms with Crippen LogP contribution < -0.4 is 16.2 Å². The lowest BCUT2D eigenvalue weighted by atomic mass is 9.83. The average Bonchev–Trinajstić information content (AvgIpc) is 2.32. The number of aromatic amines is 1.